The van der Waals surface area contributed by atoms with E-state index in [1.165, 1.54) is 4.90 Å². The first-order valence-corrected chi connectivity index (χ1v) is 6.42. The van der Waals surface area contributed by atoms with E-state index in [0.29, 0.717) is 13.1 Å². The molecule has 1 aromatic heterocycles. The number of aromatic nitrogens is 1. The molecule has 6 heteroatoms. The number of nitrogens with one attached hydrogen (secondary N) is 1. The molecule has 1 aromatic rings. The molecule has 0 spiro atoms. The lowest BCUT2D eigenvalue weighted by atomic mass is 10.00. The van der Waals surface area contributed by atoms with Gasteiger partial charge >= 0.3 is 6.03 Å². The van der Waals surface area contributed by atoms with Crippen molar-refractivity contribution in [3.05, 3.63) is 17.0 Å². The molecule has 19 heavy (non-hydrogen) atoms. The summed E-state index contributed by atoms with van der Waals surface area (Å²) in [6.07, 6.45) is -0.532. The molecule has 108 valence electrons. The van der Waals surface area contributed by atoms with Gasteiger partial charge in [-0.1, -0.05) is 12.1 Å². The lowest BCUT2D eigenvalue weighted by Gasteiger charge is -2.21. The van der Waals surface area contributed by atoms with Gasteiger partial charge in [0.25, 0.3) is 0 Å². The number of aliphatic hydroxyl groups is 1. The van der Waals surface area contributed by atoms with Crippen LogP contribution in [0.25, 0.3) is 0 Å². The predicted molar refractivity (Wildman–Crippen MR) is 72.1 cm³/mol. The first kappa shape index (κ1) is 15.5. The number of carbonyl (C=O) groups is 1. The number of carbonyl (C=O) groups excluding carboxylic acids is 1. The molecule has 0 aliphatic carbocycles. The maximum absolute atomic E-state index is 11.8. The molecule has 0 radical (unpaired) electrons. The van der Waals surface area contributed by atoms with E-state index in [4.69, 9.17) is 4.52 Å². The molecule has 2 amide bonds. The van der Waals surface area contributed by atoms with Gasteiger partial charge in [0.05, 0.1) is 11.8 Å². The third kappa shape index (κ3) is 4.24. The quantitative estimate of drug-likeness (QED) is 0.847. The Kier molecular flexibility index (Phi) is 5.35. The van der Waals surface area contributed by atoms with E-state index in [9.17, 15) is 9.90 Å². The SMILES string of the molecule is Cc1noc(C)c1C(C)CNC(=O)N(C)CC(C)O. The zero-order valence-electron chi connectivity index (χ0n) is 12.2. The second kappa shape index (κ2) is 6.56. The molecule has 1 heterocycles. The maximum Gasteiger partial charge on any atom is 0.317 e. The smallest absolute Gasteiger partial charge is 0.317 e. The van der Waals surface area contributed by atoms with Crippen LogP contribution in [0.2, 0.25) is 0 Å². The number of aryl methyl sites for hydroxylation is 2. The van der Waals surface area contributed by atoms with Crippen LogP contribution in [-0.2, 0) is 0 Å². The van der Waals surface area contributed by atoms with Gasteiger partial charge in [-0.3, -0.25) is 0 Å². The van der Waals surface area contributed by atoms with Crippen molar-refractivity contribution in [3.63, 3.8) is 0 Å². The summed E-state index contributed by atoms with van der Waals surface area (Å²) in [6.45, 7) is 8.24. The average molecular weight is 269 g/mol. The van der Waals surface area contributed by atoms with Gasteiger partial charge < -0.3 is 19.8 Å². The molecule has 0 aromatic carbocycles. The van der Waals surface area contributed by atoms with Gasteiger partial charge in [-0.25, -0.2) is 4.79 Å². The Hall–Kier alpha value is -1.56. The van der Waals surface area contributed by atoms with Gasteiger partial charge in [0.15, 0.2) is 0 Å². The molecule has 2 atom stereocenters. The van der Waals surface area contributed by atoms with E-state index < -0.39 is 6.10 Å². The summed E-state index contributed by atoms with van der Waals surface area (Å²) in [5.41, 5.74) is 1.90. The topological polar surface area (TPSA) is 78.6 Å². The van der Waals surface area contributed by atoms with Crippen molar-refractivity contribution in [1.82, 2.24) is 15.4 Å². The van der Waals surface area contributed by atoms with Crippen molar-refractivity contribution in [2.24, 2.45) is 0 Å². The monoisotopic (exact) mass is 269 g/mol. The lowest BCUT2D eigenvalue weighted by Crippen LogP contribution is -2.41. The molecule has 6 nitrogen and oxygen atoms in total. The Morgan fingerprint density at radius 1 is 1.47 bits per heavy atom. The van der Waals surface area contributed by atoms with E-state index in [2.05, 4.69) is 10.5 Å². The van der Waals surface area contributed by atoms with Gasteiger partial charge in [0, 0.05) is 31.6 Å². The van der Waals surface area contributed by atoms with E-state index in [1.54, 1.807) is 14.0 Å². The van der Waals surface area contributed by atoms with Crippen LogP contribution in [0.5, 0.6) is 0 Å². The Bertz CT molecular complexity index is 409. The number of rotatable bonds is 5. The van der Waals surface area contributed by atoms with E-state index in [-0.39, 0.29) is 11.9 Å². The second-order valence-electron chi connectivity index (χ2n) is 5.05. The highest BCUT2D eigenvalue weighted by molar-refractivity contribution is 5.73. The minimum absolute atomic E-state index is 0.134. The minimum atomic E-state index is -0.532. The summed E-state index contributed by atoms with van der Waals surface area (Å²) >= 11 is 0. The van der Waals surface area contributed by atoms with Crippen molar-refractivity contribution < 1.29 is 14.4 Å². The Morgan fingerprint density at radius 3 is 2.58 bits per heavy atom. The molecular formula is C13H23N3O3. The highest BCUT2D eigenvalue weighted by Gasteiger charge is 2.18. The molecule has 1 rings (SSSR count). The number of hydrogen-bond donors (Lipinski definition) is 2. The Labute approximate surface area is 113 Å². The molecule has 0 bridgehead atoms. The third-order valence-electron chi connectivity index (χ3n) is 3.03. The van der Waals surface area contributed by atoms with Crippen molar-refractivity contribution in [3.8, 4) is 0 Å². The Morgan fingerprint density at radius 2 is 2.11 bits per heavy atom. The molecule has 0 saturated carbocycles. The zero-order chi connectivity index (χ0) is 14.6. The summed E-state index contributed by atoms with van der Waals surface area (Å²) in [7, 11) is 1.66. The number of aliphatic hydroxyl groups excluding tert-OH is 1. The zero-order valence-corrected chi connectivity index (χ0v) is 12.2. The first-order chi connectivity index (χ1) is 8.82. The summed E-state index contributed by atoms with van der Waals surface area (Å²) in [4.78, 5) is 13.3. The second-order valence-corrected chi connectivity index (χ2v) is 5.05. The van der Waals surface area contributed by atoms with Crippen LogP contribution in [0.1, 0.15) is 36.8 Å². The molecule has 2 unspecified atom stereocenters. The van der Waals surface area contributed by atoms with Crippen molar-refractivity contribution >= 4 is 6.03 Å². The molecule has 0 saturated heterocycles. The summed E-state index contributed by atoms with van der Waals surface area (Å²) in [6, 6.07) is -0.195. The van der Waals surface area contributed by atoms with Crippen molar-refractivity contribution in [2.45, 2.75) is 39.7 Å². The average Bonchev–Trinajstić information content (AvgIpc) is 2.64. The number of amides is 2. The van der Waals surface area contributed by atoms with Gasteiger partial charge in [0.2, 0.25) is 0 Å². The van der Waals surface area contributed by atoms with Crippen LogP contribution in [0.15, 0.2) is 4.52 Å². The van der Waals surface area contributed by atoms with Crippen molar-refractivity contribution in [1.29, 1.82) is 0 Å². The summed E-state index contributed by atoms with van der Waals surface area (Å²) < 4.78 is 5.12. The van der Waals surface area contributed by atoms with E-state index >= 15 is 0 Å². The largest absolute Gasteiger partial charge is 0.392 e. The van der Waals surface area contributed by atoms with Gasteiger partial charge in [-0.05, 0) is 20.8 Å². The van der Waals surface area contributed by atoms with Crippen LogP contribution in [0.4, 0.5) is 4.79 Å². The number of urea groups is 1. The van der Waals surface area contributed by atoms with E-state index in [0.717, 1.165) is 17.0 Å². The van der Waals surface area contributed by atoms with Crippen LogP contribution in [-0.4, -0.2) is 47.4 Å². The highest BCUT2D eigenvalue weighted by atomic mass is 16.5. The van der Waals surface area contributed by atoms with Gasteiger partial charge in [-0.15, -0.1) is 0 Å². The summed E-state index contributed by atoms with van der Waals surface area (Å²) in [5, 5.41) is 16.0. The molecule has 0 aliphatic heterocycles. The van der Waals surface area contributed by atoms with E-state index in [1.807, 2.05) is 20.8 Å². The molecule has 2 N–H and O–H groups in total. The fourth-order valence-electron chi connectivity index (χ4n) is 2.15. The molecule has 0 fully saturated rings. The predicted octanol–water partition coefficient (Wildman–Crippen LogP) is 1.42. The number of hydrogen-bond acceptors (Lipinski definition) is 4. The van der Waals surface area contributed by atoms with Crippen LogP contribution in [0, 0.1) is 13.8 Å². The van der Waals surface area contributed by atoms with Crippen LogP contribution >= 0.6 is 0 Å². The Balaban J connectivity index is 2.51. The maximum atomic E-state index is 11.8. The standard InChI is InChI=1S/C13H23N3O3/c1-8(12-10(3)15-19-11(12)4)6-14-13(18)16(5)7-9(2)17/h8-9,17H,6-7H2,1-5H3,(H,14,18). The highest BCUT2D eigenvalue weighted by Crippen LogP contribution is 2.22. The van der Waals surface area contributed by atoms with Crippen LogP contribution < -0.4 is 5.32 Å². The summed E-state index contributed by atoms with van der Waals surface area (Å²) in [5.74, 6) is 0.923. The molecular weight excluding hydrogens is 246 g/mol. The van der Waals surface area contributed by atoms with Gasteiger partial charge in [0.1, 0.15) is 5.76 Å². The first-order valence-electron chi connectivity index (χ1n) is 6.42. The lowest BCUT2D eigenvalue weighted by molar-refractivity contribution is 0.144. The van der Waals surface area contributed by atoms with Crippen LogP contribution in [0.3, 0.4) is 0 Å². The normalized spacial score (nSPS) is 14.0. The minimum Gasteiger partial charge on any atom is -0.392 e. The fourth-order valence-corrected chi connectivity index (χ4v) is 2.15. The number of nitrogens with zero attached hydrogens (tertiary/aromatic N) is 2. The molecule has 0 aliphatic rings. The van der Waals surface area contributed by atoms with Gasteiger partial charge in [-0.2, -0.15) is 0 Å². The van der Waals surface area contributed by atoms with Crippen molar-refractivity contribution in [2.75, 3.05) is 20.1 Å². The fraction of sp³-hybridized carbons (Fsp3) is 0.692. The number of likely N-dealkylation sites (N-methyl/N-ethyl adjacent to an activating group) is 1. The third-order valence-corrected chi connectivity index (χ3v) is 3.03.